The molecule has 2 amide bonds. The normalized spacial score (nSPS) is 19.2. The summed E-state index contributed by atoms with van der Waals surface area (Å²) < 4.78 is 15.9. The largest absolute Gasteiger partial charge is 0.493 e. The fourth-order valence-corrected chi connectivity index (χ4v) is 3.71. The Hall–Kier alpha value is -2.96. The third-order valence-electron chi connectivity index (χ3n) is 5.18. The second kappa shape index (κ2) is 8.37. The standard InChI is InChI=1S/C21H26N2O5/c1-13-7-5-8-14(2)23(13)21(25)15-11-18(26-3)19(27-4)12-16(15)22-20(24)17-9-6-10-28-17/h6,9-14H,5,7-8H2,1-4H3,(H,22,24). The SMILES string of the molecule is COc1cc(NC(=O)c2ccco2)c(C(=O)N2C(C)CCCC2C)cc1OC. The summed E-state index contributed by atoms with van der Waals surface area (Å²) in [6, 6.07) is 6.66. The number of nitrogens with zero attached hydrogens (tertiary/aromatic N) is 1. The van der Waals surface area contributed by atoms with Crippen LogP contribution in [0.5, 0.6) is 11.5 Å². The molecule has 0 saturated carbocycles. The summed E-state index contributed by atoms with van der Waals surface area (Å²) in [6.45, 7) is 4.10. The lowest BCUT2D eigenvalue weighted by atomic mass is 9.96. The van der Waals surface area contributed by atoms with Gasteiger partial charge in [0.05, 0.1) is 31.7 Å². The Bertz CT molecular complexity index is 837. The highest BCUT2D eigenvalue weighted by atomic mass is 16.5. The van der Waals surface area contributed by atoms with E-state index < -0.39 is 5.91 Å². The number of carbonyl (C=O) groups excluding carboxylic acids is 2. The lowest BCUT2D eigenvalue weighted by Gasteiger charge is -2.39. The Morgan fingerprint density at radius 3 is 2.32 bits per heavy atom. The molecular formula is C21H26N2O5. The number of benzene rings is 1. The number of hydrogen-bond donors (Lipinski definition) is 1. The van der Waals surface area contributed by atoms with E-state index in [1.54, 1.807) is 24.3 Å². The molecule has 1 fully saturated rings. The van der Waals surface area contributed by atoms with Gasteiger partial charge in [0.25, 0.3) is 11.8 Å². The van der Waals surface area contributed by atoms with Crippen LogP contribution < -0.4 is 14.8 Å². The van der Waals surface area contributed by atoms with E-state index in [0.29, 0.717) is 22.7 Å². The molecule has 150 valence electrons. The summed E-state index contributed by atoms with van der Waals surface area (Å²) in [5.74, 6) is 0.432. The molecule has 1 aliphatic heterocycles. The first-order valence-electron chi connectivity index (χ1n) is 9.39. The van der Waals surface area contributed by atoms with Gasteiger partial charge in [-0.2, -0.15) is 0 Å². The van der Waals surface area contributed by atoms with Gasteiger partial charge < -0.3 is 24.1 Å². The van der Waals surface area contributed by atoms with Crippen molar-refractivity contribution < 1.29 is 23.5 Å². The summed E-state index contributed by atoms with van der Waals surface area (Å²) in [6.07, 6.45) is 4.43. The van der Waals surface area contributed by atoms with Crippen LogP contribution in [0.1, 0.15) is 54.0 Å². The van der Waals surface area contributed by atoms with Crippen molar-refractivity contribution in [1.82, 2.24) is 4.90 Å². The molecule has 2 heterocycles. The summed E-state index contributed by atoms with van der Waals surface area (Å²) in [4.78, 5) is 27.8. The minimum atomic E-state index is -0.439. The van der Waals surface area contributed by atoms with Crippen molar-refractivity contribution >= 4 is 17.5 Å². The molecule has 1 aromatic heterocycles. The van der Waals surface area contributed by atoms with Crippen molar-refractivity contribution in [2.24, 2.45) is 0 Å². The van der Waals surface area contributed by atoms with E-state index in [9.17, 15) is 9.59 Å². The maximum absolute atomic E-state index is 13.4. The minimum absolute atomic E-state index is 0.123. The number of likely N-dealkylation sites (tertiary alicyclic amines) is 1. The average molecular weight is 386 g/mol. The van der Waals surface area contributed by atoms with Crippen molar-refractivity contribution in [1.29, 1.82) is 0 Å². The smallest absolute Gasteiger partial charge is 0.291 e. The molecule has 7 nitrogen and oxygen atoms in total. The Morgan fingerprint density at radius 1 is 1.11 bits per heavy atom. The zero-order valence-electron chi connectivity index (χ0n) is 16.7. The maximum atomic E-state index is 13.4. The average Bonchev–Trinajstić information content (AvgIpc) is 3.22. The van der Waals surface area contributed by atoms with Crippen LogP contribution >= 0.6 is 0 Å². The summed E-state index contributed by atoms with van der Waals surface area (Å²) in [5.41, 5.74) is 0.715. The molecule has 3 rings (SSSR count). The van der Waals surface area contributed by atoms with Gasteiger partial charge in [-0.05, 0) is 51.3 Å². The third-order valence-corrected chi connectivity index (χ3v) is 5.18. The van der Waals surface area contributed by atoms with E-state index in [-0.39, 0.29) is 23.8 Å². The van der Waals surface area contributed by atoms with Crippen molar-refractivity contribution in [3.63, 3.8) is 0 Å². The monoisotopic (exact) mass is 386 g/mol. The van der Waals surface area contributed by atoms with E-state index in [4.69, 9.17) is 13.9 Å². The van der Waals surface area contributed by atoms with Crippen molar-refractivity contribution in [2.75, 3.05) is 19.5 Å². The summed E-state index contributed by atoms with van der Waals surface area (Å²) >= 11 is 0. The number of rotatable bonds is 5. The lowest BCUT2D eigenvalue weighted by molar-refractivity contribution is 0.0511. The molecule has 1 saturated heterocycles. The molecule has 2 aromatic rings. The topological polar surface area (TPSA) is 81.0 Å². The van der Waals surface area contributed by atoms with Gasteiger partial charge in [0.15, 0.2) is 17.3 Å². The Balaban J connectivity index is 2.02. The van der Waals surface area contributed by atoms with Crippen molar-refractivity contribution in [2.45, 2.75) is 45.2 Å². The molecule has 0 spiro atoms. The molecule has 28 heavy (non-hydrogen) atoms. The quantitative estimate of drug-likeness (QED) is 0.841. The van der Waals surface area contributed by atoms with Gasteiger partial charge in [0.2, 0.25) is 0 Å². The zero-order valence-corrected chi connectivity index (χ0v) is 16.7. The molecule has 0 bridgehead atoms. The van der Waals surface area contributed by atoms with Crippen molar-refractivity contribution in [3.8, 4) is 11.5 Å². The molecule has 1 aliphatic rings. The van der Waals surface area contributed by atoms with E-state index in [1.807, 2.05) is 4.90 Å². The number of anilines is 1. The molecule has 1 aromatic carbocycles. The minimum Gasteiger partial charge on any atom is -0.493 e. The first-order chi connectivity index (χ1) is 13.5. The number of hydrogen-bond acceptors (Lipinski definition) is 5. The predicted molar refractivity (Wildman–Crippen MR) is 105 cm³/mol. The highest BCUT2D eigenvalue weighted by Gasteiger charge is 2.32. The number of nitrogens with one attached hydrogen (secondary N) is 1. The van der Waals surface area contributed by atoms with E-state index >= 15 is 0 Å². The number of carbonyl (C=O) groups is 2. The highest BCUT2D eigenvalue weighted by Crippen LogP contribution is 2.36. The van der Waals surface area contributed by atoms with Crippen LogP contribution in [-0.4, -0.2) is 43.0 Å². The predicted octanol–water partition coefficient (Wildman–Crippen LogP) is 3.95. The maximum Gasteiger partial charge on any atom is 0.291 e. The fourth-order valence-electron chi connectivity index (χ4n) is 3.71. The molecule has 2 atom stereocenters. The van der Waals surface area contributed by atoms with Crippen LogP contribution in [0.4, 0.5) is 5.69 Å². The second-order valence-electron chi connectivity index (χ2n) is 7.03. The first-order valence-corrected chi connectivity index (χ1v) is 9.39. The van der Waals surface area contributed by atoms with E-state index in [1.165, 1.54) is 20.5 Å². The number of methoxy groups -OCH3 is 2. The molecule has 7 heteroatoms. The first kappa shape index (κ1) is 19.8. The Labute approximate surface area is 164 Å². The third kappa shape index (κ3) is 3.83. The lowest BCUT2D eigenvalue weighted by Crippen LogP contribution is -2.47. The number of amides is 2. The fraction of sp³-hybridized carbons (Fsp3) is 0.429. The van der Waals surface area contributed by atoms with Gasteiger partial charge in [-0.15, -0.1) is 0 Å². The summed E-state index contributed by atoms with van der Waals surface area (Å²) in [7, 11) is 3.02. The van der Waals surface area contributed by atoms with Crippen LogP contribution in [-0.2, 0) is 0 Å². The molecule has 2 unspecified atom stereocenters. The second-order valence-corrected chi connectivity index (χ2v) is 7.03. The van der Waals surface area contributed by atoms with Crippen LogP contribution in [0, 0.1) is 0 Å². The zero-order chi connectivity index (χ0) is 20.3. The molecular weight excluding hydrogens is 360 g/mol. The van der Waals surface area contributed by atoms with Gasteiger partial charge in [-0.25, -0.2) is 0 Å². The van der Waals surface area contributed by atoms with Crippen LogP contribution in [0.25, 0.3) is 0 Å². The van der Waals surface area contributed by atoms with Gasteiger partial charge >= 0.3 is 0 Å². The molecule has 1 N–H and O–H groups in total. The Kier molecular flexibility index (Phi) is 5.92. The molecule has 0 radical (unpaired) electrons. The molecule has 0 aliphatic carbocycles. The van der Waals surface area contributed by atoms with Gasteiger partial charge in [-0.3, -0.25) is 9.59 Å². The van der Waals surface area contributed by atoms with Gasteiger partial charge in [0.1, 0.15) is 0 Å². The van der Waals surface area contributed by atoms with Crippen LogP contribution in [0.3, 0.4) is 0 Å². The van der Waals surface area contributed by atoms with Gasteiger partial charge in [-0.1, -0.05) is 0 Å². The van der Waals surface area contributed by atoms with E-state index in [0.717, 1.165) is 19.3 Å². The summed E-state index contributed by atoms with van der Waals surface area (Å²) in [5, 5.41) is 2.77. The van der Waals surface area contributed by atoms with Gasteiger partial charge in [0, 0.05) is 18.2 Å². The Morgan fingerprint density at radius 2 is 1.75 bits per heavy atom. The highest BCUT2D eigenvalue weighted by molar-refractivity contribution is 6.08. The van der Waals surface area contributed by atoms with E-state index in [2.05, 4.69) is 19.2 Å². The van der Waals surface area contributed by atoms with Crippen molar-refractivity contribution in [3.05, 3.63) is 41.9 Å². The number of ether oxygens (including phenoxy) is 2. The van der Waals surface area contributed by atoms with Crippen LogP contribution in [0.15, 0.2) is 34.9 Å². The number of piperidine rings is 1. The number of furan rings is 1. The van der Waals surface area contributed by atoms with Crippen LogP contribution in [0.2, 0.25) is 0 Å².